The molecule has 1 heterocycles. The number of β-amino-alcohol motifs (C(OH)–C–C–N with tert-alkyl or cyclic N) is 1. The molecule has 0 radical (unpaired) electrons. The zero-order valence-electron chi connectivity index (χ0n) is 17.1. The zero-order chi connectivity index (χ0) is 21.5. The average molecular weight is 451 g/mol. The van der Waals surface area contributed by atoms with Crippen molar-refractivity contribution in [1.82, 2.24) is 9.80 Å². The van der Waals surface area contributed by atoms with Crippen LogP contribution in [0.3, 0.4) is 0 Å². The van der Waals surface area contributed by atoms with Crippen LogP contribution in [0.5, 0.6) is 0 Å². The van der Waals surface area contributed by atoms with Crippen molar-refractivity contribution in [3.63, 3.8) is 0 Å². The highest BCUT2D eigenvalue weighted by Gasteiger charge is 2.30. The molecule has 1 amide bonds. The van der Waals surface area contributed by atoms with Gasteiger partial charge in [-0.15, -0.1) is 0 Å². The molecule has 0 spiro atoms. The number of amides is 1. The van der Waals surface area contributed by atoms with Crippen molar-refractivity contribution in [3.8, 4) is 0 Å². The van der Waals surface area contributed by atoms with E-state index in [-0.39, 0.29) is 24.5 Å². The molecule has 7 heteroatoms. The molecule has 0 bridgehead atoms. The van der Waals surface area contributed by atoms with Gasteiger partial charge in [0, 0.05) is 33.3 Å². The zero-order valence-corrected chi connectivity index (χ0v) is 18.6. The van der Waals surface area contributed by atoms with Crippen LogP contribution in [0.15, 0.2) is 48.5 Å². The van der Waals surface area contributed by atoms with Crippen molar-refractivity contribution in [3.05, 3.63) is 69.7 Å². The quantitative estimate of drug-likeness (QED) is 0.630. The van der Waals surface area contributed by atoms with Gasteiger partial charge in [-0.05, 0) is 29.7 Å². The topological polar surface area (TPSA) is 53.0 Å². The van der Waals surface area contributed by atoms with Crippen molar-refractivity contribution >= 4 is 29.1 Å². The van der Waals surface area contributed by atoms with Crippen molar-refractivity contribution in [1.29, 1.82) is 0 Å². The van der Waals surface area contributed by atoms with Crippen LogP contribution in [-0.2, 0) is 16.0 Å². The molecule has 1 aliphatic rings. The molecule has 0 saturated carbocycles. The number of hydrogen-bond acceptors (Lipinski definition) is 4. The summed E-state index contributed by atoms with van der Waals surface area (Å²) in [5.74, 6) is -0.000891. The van der Waals surface area contributed by atoms with E-state index in [1.54, 1.807) is 19.2 Å². The number of rotatable bonds is 9. The first-order valence-electron chi connectivity index (χ1n) is 10.2. The number of methoxy groups -OCH3 is 1. The average Bonchev–Trinajstić information content (AvgIpc) is 3.15. The maximum absolute atomic E-state index is 13.4. The molecule has 1 N–H and O–H groups in total. The van der Waals surface area contributed by atoms with Gasteiger partial charge in [0.15, 0.2) is 0 Å². The SMILES string of the molecule is COCCN(C(=O)Cc1ccc(Cl)c(Cl)c1)[C@H](CN1CC[C@H](O)C1)c1ccccc1. The Morgan fingerprint density at radius 1 is 1.23 bits per heavy atom. The summed E-state index contributed by atoms with van der Waals surface area (Å²) in [4.78, 5) is 17.5. The number of benzene rings is 2. The second-order valence-corrected chi connectivity index (χ2v) is 8.45. The number of hydrogen-bond donors (Lipinski definition) is 1. The van der Waals surface area contributed by atoms with Gasteiger partial charge in [-0.3, -0.25) is 9.69 Å². The first kappa shape index (κ1) is 23.0. The van der Waals surface area contributed by atoms with Crippen molar-refractivity contribution in [2.45, 2.75) is 25.0 Å². The van der Waals surface area contributed by atoms with E-state index < -0.39 is 0 Å². The summed E-state index contributed by atoms with van der Waals surface area (Å²) >= 11 is 12.2. The normalized spacial score (nSPS) is 17.8. The van der Waals surface area contributed by atoms with Gasteiger partial charge >= 0.3 is 0 Å². The van der Waals surface area contributed by atoms with Crippen LogP contribution in [0.25, 0.3) is 0 Å². The maximum atomic E-state index is 13.4. The smallest absolute Gasteiger partial charge is 0.227 e. The molecular weight excluding hydrogens is 423 g/mol. The lowest BCUT2D eigenvalue weighted by Crippen LogP contribution is -2.43. The van der Waals surface area contributed by atoms with Crippen molar-refractivity contribution in [2.75, 3.05) is 39.9 Å². The maximum Gasteiger partial charge on any atom is 0.227 e. The summed E-state index contributed by atoms with van der Waals surface area (Å²) in [5, 5.41) is 10.9. The highest BCUT2D eigenvalue weighted by Crippen LogP contribution is 2.27. The second-order valence-electron chi connectivity index (χ2n) is 7.63. The molecule has 162 valence electrons. The molecule has 0 unspecified atom stereocenters. The highest BCUT2D eigenvalue weighted by atomic mass is 35.5. The molecule has 1 aliphatic heterocycles. The summed E-state index contributed by atoms with van der Waals surface area (Å²) in [6.45, 7) is 3.04. The third kappa shape index (κ3) is 6.19. The molecule has 5 nitrogen and oxygen atoms in total. The van der Waals surface area contributed by atoms with Gasteiger partial charge < -0.3 is 14.7 Å². The summed E-state index contributed by atoms with van der Waals surface area (Å²) in [6, 6.07) is 15.2. The third-order valence-electron chi connectivity index (χ3n) is 5.44. The van der Waals surface area contributed by atoms with E-state index >= 15 is 0 Å². The fourth-order valence-corrected chi connectivity index (χ4v) is 4.17. The van der Waals surface area contributed by atoms with E-state index in [0.29, 0.717) is 36.3 Å². The summed E-state index contributed by atoms with van der Waals surface area (Å²) in [5.41, 5.74) is 1.89. The number of likely N-dealkylation sites (tertiary alicyclic amines) is 1. The van der Waals surface area contributed by atoms with E-state index in [4.69, 9.17) is 27.9 Å². The summed E-state index contributed by atoms with van der Waals surface area (Å²) in [7, 11) is 1.63. The van der Waals surface area contributed by atoms with Gasteiger partial charge in [-0.1, -0.05) is 59.6 Å². The van der Waals surface area contributed by atoms with Crippen LogP contribution in [0.2, 0.25) is 10.0 Å². The highest BCUT2D eigenvalue weighted by molar-refractivity contribution is 6.42. The minimum absolute atomic E-state index is 0.000891. The predicted octanol–water partition coefficient (Wildman–Crippen LogP) is 3.82. The predicted molar refractivity (Wildman–Crippen MR) is 120 cm³/mol. The standard InChI is InChI=1S/C23H28Cl2N2O3/c1-30-12-11-27(23(29)14-17-7-8-20(24)21(25)13-17)22(18-5-3-2-4-6-18)16-26-10-9-19(28)15-26/h2-8,13,19,22,28H,9-12,14-16H2,1H3/t19-,22+/m0/s1. The molecule has 2 aromatic rings. The summed E-state index contributed by atoms with van der Waals surface area (Å²) in [6.07, 6.45) is 0.685. The lowest BCUT2D eigenvalue weighted by Gasteiger charge is -2.35. The molecule has 1 fully saturated rings. The van der Waals surface area contributed by atoms with Crippen molar-refractivity contribution < 1.29 is 14.6 Å². The first-order valence-corrected chi connectivity index (χ1v) is 10.9. The summed E-state index contributed by atoms with van der Waals surface area (Å²) < 4.78 is 5.29. The Morgan fingerprint density at radius 3 is 2.63 bits per heavy atom. The van der Waals surface area contributed by atoms with E-state index in [2.05, 4.69) is 4.90 Å². The van der Waals surface area contributed by atoms with E-state index in [1.165, 1.54) is 0 Å². The molecule has 3 rings (SSSR count). The second kappa shape index (κ2) is 11.1. The Kier molecular flexibility index (Phi) is 8.54. The van der Waals surface area contributed by atoms with Crippen LogP contribution in [0, 0.1) is 0 Å². The molecule has 30 heavy (non-hydrogen) atoms. The lowest BCUT2D eigenvalue weighted by molar-refractivity contribution is -0.134. The molecule has 0 aliphatic carbocycles. The van der Waals surface area contributed by atoms with Gasteiger partial charge in [-0.25, -0.2) is 0 Å². The lowest BCUT2D eigenvalue weighted by atomic mass is 10.0. The Labute approximate surface area is 188 Å². The van der Waals surface area contributed by atoms with Gasteiger partial charge in [0.05, 0.1) is 35.2 Å². The minimum Gasteiger partial charge on any atom is -0.392 e. The van der Waals surface area contributed by atoms with E-state index in [9.17, 15) is 9.90 Å². The van der Waals surface area contributed by atoms with E-state index in [1.807, 2.05) is 41.3 Å². The largest absolute Gasteiger partial charge is 0.392 e. The molecule has 0 aromatic heterocycles. The molecule has 2 atom stereocenters. The Bertz CT molecular complexity index is 834. The molecular formula is C23H28Cl2N2O3. The Hall–Kier alpha value is -1.63. The number of aliphatic hydroxyl groups excluding tert-OH is 1. The van der Waals surface area contributed by atoms with Crippen LogP contribution in [0.1, 0.15) is 23.6 Å². The van der Waals surface area contributed by atoms with Gasteiger partial charge in [0.2, 0.25) is 5.91 Å². The van der Waals surface area contributed by atoms with Crippen LogP contribution < -0.4 is 0 Å². The minimum atomic E-state index is -0.305. The molecule has 1 saturated heterocycles. The van der Waals surface area contributed by atoms with Crippen molar-refractivity contribution in [2.24, 2.45) is 0 Å². The number of halogens is 2. The number of carbonyl (C=O) groups is 1. The number of aliphatic hydroxyl groups is 1. The van der Waals surface area contributed by atoms with Crippen LogP contribution in [0.4, 0.5) is 0 Å². The number of carbonyl (C=O) groups excluding carboxylic acids is 1. The monoisotopic (exact) mass is 450 g/mol. The van der Waals surface area contributed by atoms with Gasteiger partial charge in [-0.2, -0.15) is 0 Å². The molecule has 2 aromatic carbocycles. The third-order valence-corrected chi connectivity index (χ3v) is 6.17. The number of nitrogens with zero attached hydrogens (tertiary/aromatic N) is 2. The number of ether oxygens (including phenoxy) is 1. The van der Waals surface area contributed by atoms with Gasteiger partial charge in [0.25, 0.3) is 0 Å². The van der Waals surface area contributed by atoms with Crippen LogP contribution >= 0.6 is 23.2 Å². The fourth-order valence-electron chi connectivity index (χ4n) is 3.85. The van der Waals surface area contributed by atoms with Gasteiger partial charge in [0.1, 0.15) is 0 Å². The first-order chi connectivity index (χ1) is 14.5. The Balaban J connectivity index is 1.85. The van der Waals surface area contributed by atoms with Crippen LogP contribution in [-0.4, -0.2) is 66.8 Å². The van der Waals surface area contributed by atoms with E-state index in [0.717, 1.165) is 24.1 Å². The Morgan fingerprint density at radius 2 is 2.00 bits per heavy atom. The fraction of sp³-hybridized carbons (Fsp3) is 0.435.